The monoisotopic (exact) mass is 440 g/mol. The SMILES string of the molecule is CC(=O)c1ccc(NC(=O)OC2COC3C(Nc4nccc(C(C)(C)C)n4)COC23)cc1. The molecule has 1 aromatic heterocycles. The summed E-state index contributed by atoms with van der Waals surface area (Å²) < 4.78 is 17.3. The number of nitrogens with one attached hydrogen (secondary N) is 2. The smallest absolute Gasteiger partial charge is 0.412 e. The van der Waals surface area contributed by atoms with Crippen LogP contribution in [0.4, 0.5) is 16.4 Å². The molecule has 1 amide bonds. The highest BCUT2D eigenvalue weighted by Crippen LogP contribution is 2.31. The number of ether oxygens (including phenoxy) is 3. The van der Waals surface area contributed by atoms with E-state index in [2.05, 4.69) is 41.4 Å². The lowest BCUT2D eigenvalue weighted by Gasteiger charge is -2.20. The number of amides is 1. The minimum Gasteiger partial charge on any atom is -0.441 e. The highest BCUT2D eigenvalue weighted by molar-refractivity contribution is 5.94. The van der Waals surface area contributed by atoms with Crippen molar-refractivity contribution in [3.8, 4) is 0 Å². The number of hydrogen-bond acceptors (Lipinski definition) is 8. The van der Waals surface area contributed by atoms with Crippen LogP contribution in [0.25, 0.3) is 0 Å². The van der Waals surface area contributed by atoms with Crippen LogP contribution in [-0.4, -0.2) is 59.4 Å². The van der Waals surface area contributed by atoms with Crippen LogP contribution in [0, 0.1) is 0 Å². The molecule has 2 aliphatic rings. The molecule has 2 N–H and O–H groups in total. The number of Topliss-reactive ketones (excluding diaryl/α,β-unsaturated/α-hetero) is 1. The van der Waals surface area contributed by atoms with Crippen LogP contribution < -0.4 is 10.6 Å². The van der Waals surface area contributed by atoms with Crippen LogP contribution in [0.3, 0.4) is 0 Å². The maximum absolute atomic E-state index is 12.3. The van der Waals surface area contributed by atoms with Crippen LogP contribution in [-0.2, 0) is 19.6 Å². The number of carbonyl (C=O) groups is 2. The molecule has 0 bridgehead atoms. The summed E-state index contributed by atoms with van der Waals surface area (Å²) in [5.41, 5.74) is 1.97. The Morgan fingerprint density at radius 1 is 1.06 bits per heavy atom. The molecule has 2 aromatic rings. The summed E-state index contributed by atoms with van der Waals surface area (Å²) in [4.78, 5) is 32.6. The van der Waals surface area contributed by atoms with E-state index in [1.54, 1.807) is 30.5 Å². The molecule has 1 aromatic carbocycles. The Bertz CT molecular complexity index is 989. The summed E-state index contributed by atoms with van der Waals surface area (Å²) in [5.74, 6) is 0.483. The van der Waals surface area contributed by atoms with Crippen LogP contribution in [0.1, 0.15) is 43.7 Å². The molecule has 9 heteroatoms. The molecule has 2 fully saturated rings. The predicted molar refractivity (Wildman–Crippen MR) is 118 cm³/mol. The second kappa shape index (κ2) is 8.84. The van der Waals surface area contributed by atoms with E-state index in [4.69, 9.17) is 14.2 Å². The van der Waals surface area contributed by atoms with Gasteiger partial charge in [-0.05, 0) is 37.3 Å². The number of aromatic nitrogens is 2. The van der Waals surface area contributed by atoms with Crippen molar-refractivity contribution in [2.24, 2.45) is 0 Å². The summed E-state index contributed by atoms with van der Waals surface area (Å²) in [6.07, 6.45) is -0.0346. The number of rotatable bonds is 5. The van der Waals surface area contributed by atoms with Crippen LogP contribution in [0.5, 0.6) is 0 Å². The Kier molecular flexibility index (Phi) is 6.12. The lowest BCUT2D eigenvalue weighted by Crippen LogP contribution is -2.38. The van der Waals surface area contributed by atoms with Gasteiger partial charge in [0.15, 0.2) is 11.9 Å². The fourth-order valence-corrected chi connectivity index (χ4v) is 3.77. The first-order valence-corrected chi connectivity index (χ1v) is 10.6. The maximum atomic E-state index is 12.3. The number of hydrogen-bond donors (Lipinski definition) is 2. The van der Waals surface area contributed by atoms with Gasteiger partial charge in [-0.3, -0.25) is 10.1 Å². The van der Waals surface area contributed by atoms with Gasteiger partial charge in [0, 0.05) is 22.9 Å². The van der Waals surface area contributed by atoms with E-state index in [-0.39, 0.29) is 36.1 Å². The van der Waals surface area contributed by atoms with Gasteiger partial charge in [-0.15, -0.1) is 0 Å². The molecule has 0 radical (unpaired) electrons. The first kappa shape index (κ1) is 22.2. The topological polar surface area (TPSA) is 112 Å². The molecule has 2 saturated heterocycles. The second-order valence-corrected chi connectivity index (χ2v) is 9.06. The fourth-order valence-electron chi connectivity index (χ4n) is 3.77. The van der Waals surface area contributed by atoms with Gasteiger partial charge >= 0.3 is 6.09 Å². The molecule has 32 heavy (non-hydrogen) atoms. The van der Waals surface area contributed by atoms with E-state index in [1.807, 2.05) is 6.07 Å². The van der Waals surface area contributed by atoms with Crippen molar-refractivity contribution >= 4 is 23.5 Å². The number of carbonyl (C=O) groups excluding carboxylic acids is 2. The number of nitrogens with zero attached hydrogens (tertiary/aromatic N) is 2. The molecule has 9 nitrogen and oxygen atoms in total. The number of fused-ring (bicyclic) bond motifs is 1. The molecule has 4 atom stereocenters. The largest absolute Gasteiger partial charge is 0.441 e. The van der Waals surface area contributed by atoms with E-state index < -0.39 is 12.2 Å². The Balaban J connectivity index is 1.33. The Labute approximate surface area is 186 Å². The molecule has 0 saturated carbocycles. The maximum Gasteiger partial charge on any atom is 0.412 e. The Hall–Kier alpha value is -3.04. The Morgan fingerprint density at radius 2 is 1.78 bits per heavy atom. The van der Waals surface area contributed by atoms with Crippen LogP contribution in [0.2, 0.25) is 0 Å². The normalized spacial score (nSPS) is 24.6. The first-order chi connectivity index (χ1) is 15.2. The quantitative estimate of drug-likeness (QED) is 0.682. The molecule has 4 unspecified atom stereocenters. The molecule has 170 valence electrons. The highest BCUT2D eigenvalue weighted by atomic mass is 16.6. The first-order valence-electron chi connectivity index (χ1n) is 10.6. The van der Waals surface area contributed by atoms with Gasteiger partial charge in [0.25, 0.3) is 0 Å². The lowest BCUT2D eigenvalue weighted by atomic mass is 9.92. The van der Waals surface area contributed by atoms with Crippen molar-refractivity contribution in [3.63, 3.8) is 0 Å². The number of ketones is 1. The standard InChI is InChI=1S/C23H28N4O5/c1-13(28)14-5-7-15(8-6-14)25-22(29)32-17-12-31-19-16(11-30-20(17)19)26-21-24-10-9-18(27-21)23(2,3)4/h5-10,16-17,19-20H,11-12H2,1-4H3,(H,25,29)(H,24,26,27). The molecule has 0 aliphatic carbocycles. The van der Waals surface area contributed by atoms with Gasteiger partial charge in [-0.25, -0.2) is 14.8 Å². The highest BCUT2D eigenvalue weighted by Gasteiger charge is 2.49. The van der Waals surface area contributed by atoms with Crippen LogP contribution in [0.15, 0.2) is 36.5 Å². The van der Waals surface area contributed by atoms with Crippen molar-refractivity contribution in [2.45, 2.75) is 57.5 Å². The van der Waals surface area contributed by atoms with Crippen LogP contribution >= 0.6 is 0 Å². The zero-order chi connectivity index (χ0) is 22.9. The van der Waals surface area contributed by atoms with Gasteiger partial charge in [0.1, 0.15) is 12.2 Å². The molecular weight excluding hydrogens is 412 g/mol. The van der Waals surface area contributed by atoms with Crippen molar-refractivity contribution in [2.75, 3.05) is 23.8 Å². The molecule has 3 heterocycles. The summed E-state index contributed by atoms with van der Waals surface area (Å²) in [7, 11) is 0. The fraction of sp³-hybridized carbons (Fsp3) is 0.478. The number of anilines is 2. The van der Waals surface area contributed by atoms with Crippen molar-refractivity contribution < 1.29 is 23.8 Å². The molecule has 4 rings (SSSR count). The zero-order valence-corrected chi connectivity index (χ0v) is 18.6. The summed E-state index contributed by atoms with van der Waals surface area (Å²) in [5, 5.41) is 5.96. The van der Waals surface area contributed by atoms with E-state index >= 15 is 0 Å². The zero-order valence-electron chi connectivity index (χ0n) is 18.6. The van der Waals surface area contributed by atoms with Gasteiger partial charge in [-0.2, -0.15) is 0 Å². The van der Waals surface area contributed by atoms with Gasteiger partial charge in [-0.1, -0.05) is 20.8 Å². The van der Waals surface area contributed by atoms with E-state index in [0.29, 0.717) is 23.8 Å². The van der Waals surface area contributed by atoms with Crippen molar-refractivity contribution in [1.82, 2.24) is 9.97 Å². The van der Waals surface area contributed by atoms with E-state index in [9.17, 15) is 9.59 Å². The summed E-state index contributed by atoms with van der Waals surface area (Å²) >= 11 is 0. The second-order valence-electron chi connectivity index (χ2n) is 9.06. The summed E-state index contributed by atoms with van der Waals surface area (Å²) in [6, 6.07) is 8.37. The van der Waals surface area contributed by atoms with E-state index in [0.717, 1.165) is 5.69 Å². The third kappa shape index (κ3) is 4.89. The predicted octanol–water partition coefficient (Wildman–Crippen LogP) is 3.17. The van der Waals surface area contributed by atoms with Gasteiger partial charge < -0.3 is 19.5 Å². The molecule has 2 aliphatic heterocycles. The minimum atomic E-state index is -0.601. The van der Waals surface area contributed by atoms with Gasteiger partial charge in [0.05, 0.1) is 24.9 Å². The van der Waals surface area contributed by atoms with Crippen molar-refractivity contribution in [1.29, 1.82) is 0 Å². The average Bonchev–Trinajstić information content (AvgIpc) is 3.31. The Morgan fingerprint density at radius 3 is 2.47 bits per heavy atom. The summed E-state index contributed by atoms with van der Waals surface area (Å²) in [6.45, 7) is 8.42. The number of benzene rings is 1. The molecular formula is C23H28N4O5. The average molecular weight is 441 g/mol. The minimum absolute atomic E-state index is 0.0367. The third-order valence-corrected chi connectivity index (χ3v) is 5.54. The van der Waals surface area contributed by atoms with E-state index in [1.165, 1.54) is 6.92 Å². The molecule has 0 spiro atoms. The third-order valence-electron chi connectivity index (χ3n) is 5.54. The van der Waals surface area contributed by atoms with Crippen molar-refractivity contribution in [3.05, 3.63) is 47.8 Å². The van der Waals surface area contributed by atoms with Gasteiger partial charge in [0.2, 0.25) is 5.95 Å². The lowest BCUT2D eigenvalue weighted by molar-refractivity contribution is 0.00916.